The molecule has 0 bridgehead atoms. The van der Waals surface area contributed by atoms with E-state index in [4.69, 9.17) is 16.3 Å². The number of carboxylic acids is 1. The highest BCUT2D eigenvalue weighted by atomic mass is 35.5. The molecule has 0 fully saturated rings. The minimum absolute atomic E-state index is 0.0243. The SMILES string of the molecule is CCCC(=O)N(CCOc1ccc(C[C@H](Nc2ccccc2C(=O)c2ccccc2)C(=O)O)cc1)c1ccccc1Cl. The van der Waals surface area contributed by atoms with Gasteiger partial charge in [0.15, 0.2) is 5.78 Å². The Balaban J connectivity index is 1.39. The van der Waals surface area contributed by atoms with E-state index in [-0.39, 0.29) is 24.7 Å². The number of para-hydroxylation sites is 2. The van der Waals surface area contributed by atoms with Gasteiger partial charge in [-0.2, -0.15) is 0 Å². The van der Waals surface area contributed by atoms with Crippen molar-refractivity contribution in [3.8, 4) is 5.75 Å². The van der Waals surface area contributed by atoms with Gasteiger partial charge in [0, 0.05) is 29.7 Å². The van der Waals surface area contributed by atoms with Crippen molar-refractivity contribution in [1.82, 2.24) is 0 Å². The van der Waals surface area contributed by atoms with Crippen molar-refractivity contribution in [2.24, 2.45) is 0 Å². The highest BCUT2D eigenvalue weighted by Crippen LogP contribution is 2.26. The Kier molecular flexibility index (Phi) is 10.7. The third-order valence-electron chi connectivity index (χ3n) is 6.69. The van der Waals surface area contributed by atoms with Crippen molar-refractivity contribution < 1.29 is 24.2 Å². The maximum absolute atomic E-state index is 13.1. The predicted molar refractivity (Wildman–Crippen MR) is 166 cm³/mol. The molecule has 0 saturated heterocycles. The molecule has 4 rings (SSSR count). The van der Waals surface area contributed by atoms with Gasteiger partial charge in [-0.05, 0) is 48.4 Å². The van der Waals surface area contributed by atoms with E-state index in [9.17, 15) is 19.5 Å². The average molecular weight is 585 g/mol. The van der Waals surface area contributed by atoms with E-state index in [1.165, 1.54) is 0 Å². The Hall–Kier alpha value is -4.62. The zero-order chi connectivity index (χ0) is 29.9. The first-order valence-electron chi connectivity index (χ1n) is 13.8. The monoisotopic (exact) mass is 584 g/mol. The molecule has 0 saturated carbocycles. The van der Waals surface area contributed by atoms with Gasteiger partial charge in [0.05, 0.1) is 17.3 Å². The van der Waals surface area contributed by atoms with E-state index < -0.39 is 12.0 Å². The molecular formula is C34H33ClN2O5. The Bertz CT molecular complexity index is 1510. The van der Waals surface area contributed by atoms with E-state index in [0.29, 0.717) is 46.2 Å². The van der Waals surface area contributed by atoms with Crippen LogP contribution in [0.4, 0.5) is 11.4 Å². The minimum Gasteiger partial charge on any atom is -0.492 e. The molecule has 42 heavy (non-hydrogen) atoms. The number of anilines is 2. The number of hydrogen-bond donors (Lipinski definition) is 2. The van der Waals surface area contributed by atoms with Gasteiger partial charge < -0.3 is 20.1 Å². The number of aliphatic carboxylic acids is 1. The summed E-state index contributed by atoms with van der Waals surface area (Å²) in [4.78, 5) is 39.6. The van der Waals surface area contributed by atoms with Gasteiger partial charge in [-0.1, -0.05) is 85.3 Å². The number of halogens is 1. The first-order chi connectivity index (χ1) is 20.4. The van der Waals surface area contributed by atoms with E-state index in [2.05, 4.69) is 5.32 Å². The number of rotatable bonds is 14. The highest BCUT2D eigenvalue weighted by molar-refractivity contribution is 6.33. The molecule has 0 aliphatic rings. The van der Waals surface area contributed by atoms with Gasteiger partial charge in [0.25, 0.3) is 0 Å². The smallest absolute Gasteiger partial charge is 0.326 e. The summed E-state index contributed by atoms with van der Waals surface area (Å²) in [6.45, 7) is 2.54. The average Bonchev–Trinajstić information content (AvgIpc) is 3.00. The van der Waals surface area contributed by atoms with Crippen molar-refractivity contribution in [3.05, 3.63) is 125 Å². The van der Waals surface area contributed by atoms with Crippen LogP contribution in [0.15, 0.2) is 103 Å². The maximum atomic E-state index is 13.1. The quantitative estimate of drug-likeness (QED) is 0.157. The summed E-state index contributed by atoms with van der Waals surface area (Å²) in [6.07, 6.45) is 1.32. The van der Waals surface area contributed by atoms with Crippen LogP contribution in [0.2, 0.25) is 5.02 Å². The number of ether oxygens (including phenoxy) is 1. The van der Waals surface area contributed by atoms with Crippen LogP contribution >= 0.6 is 11.6 Å². The zero-order valence-corrected chi connectivity index (χ0v) is 24.1. The van der Waals surface area contributed by atoms with Crippen molar-refractivity contribution in [2.45, 2.75) is 32.2 Å². The van der Waals surface area contributed by atoms with Crippen LogP contribution in [-0.4, -0.2) is 42.0 Å². The molecule has 0 heterocycles. The lowest BCUT2D eigenvalue weighted by atomic mass is 10.00. The van der Waals surface area contributed by atoms with Gasteiger partial charge in [-0.25, -0.2) is 4.79 Å². The summed E-state index contributed by atoms with van der Waals surface area (Å²) in [5, 5.41) is 13.5. The Morgan fingerprint density at radius 2 is 1.55 bits per heavy atom. The van der Waals surface area contributed by atoms with E-state index in [1.54, 1.807) is 71.6 Å². The van der Waals surface area contributed by atoms with Crippen LogP contribution in [0, 0.1) is 0 Å². The third-order valence-corrected chi connectivity index (χ3v) is 7.01. The Morgan fingerprint density at radius 3 is 2.24 bits per heavy atom. The number of nitrogens with one attached hydrogen (secondary N) is 1. The first-order valence-corrected chi connectivity index (χ1v) is 14.2. The van der Waals surface area contributed by atoms with Gasteiger partial charge in [-0.15, -0.1) is 0 Å². The largest absolute Gasteiger partial charge is 0.492 e. The molecule has 8 heteroatoms. The second-order valence-corrected chi connectivity index (χ2v) is 10.1. The summed E-state index contributed by atoms with van der Waals surface area (Å²) in [7, 11) is 0. The van der Waals surface area contributed by atoms with Crippen LogP contribution in [-0.2, 0) is 16.0 Å². The number of carboxylic acid groups (broad SMARTS) is 1. The molecule has 0 spiro atoms. The molecular weight excluding hydrogens is 552 g/mol. The van der Waals surface area contributed by atoms with Crippen LogP contribution < -0.4 is 15.0 Å². The van der Waals surface area contributed by atoms with Gasteiger partial charge >= 0.3 is 5.97 Å². The molecule has 0 radical (unpaired) electrons. The van der Waals surface area contributed by atoms with Crippen LogP contribution in [0.25, 0.3) is 0 Å². The lowest BCUT2D eigenvalue weighted by Crippen LogP contribution is -2.34. The first kappa shape index (κ1) is 30.3. The summed E-state index contributed by atoms with van der Waals surface area (Å²) in [5.41, 5.74) is 2.82. The summed E-state index contributed by atoms with van der Waals surface area (Å²) < 4.78 is 5.91. The lowest BCUT2D eigenvalue weighted by molar-refractivity contribution is -0.137. The molecule has 2 N–H and O–H groups in total. The standard InChI is InChI=1S/C34H33ClN2O5/c1-2-10-32(38)37(31-16-9-7-14-28(31)35)21-22-42-26-19-17-24(18-20-26)23-30(34(40)41)36-29-15-8-6-13-27(29)33(39)25-11-4-3-5-12-25/h3-9,11-20,30,36H,2,10,21-23H2,1H3,(H,40,41)/t30-/m0/s1. The van der Waals surface area contributed by atoms with Crippen molar-refractivity contribution in [3.63, 3.8) is 0 Å². The van der Waals surface area contributed by atoms with Crippen LogP contribution in [0.1, 0.15) is 41.3 Å². The van der Waals surface area contributed by atoms with Crippen molar-refractivity contribution in [1.29, 1.82) is 0 Å². The fourth-order valence-corrected chi connectivity index (χ4v) is 4.79. The number of nitrogens with zero attached hydrogens (tertiary/aromatic N) is 1. The summed E-state index contributed by atoms with van der Waals surface area (Å²) in [6, 6.07) is 29.2. The second kappa shape index (κ2) is 14.8. The number of carbonyl (C=O) groups excluding carboxylic acids is 2. The topological polar surface area (TPSA) is 95.9 Å². The summed E-state index contributed by atoms with van der Waals surface area (Å²) in [5.74, 6) is -0.647. The molecule has 4 aromatic rings. The van der Waals surface area contributed by atoms with Gasteiger partial charge in [-0.3, -0.25) is 9.59 Å². The number of benzene rings is 4. The zero-order valence-electron chi connectivity index (χ0n) is 23.3. The van der Waals surface area contributed by atoms with Gasteiger partial charge in [0.2, 0.25) is 5.91 Å². The van der Waals surface area contributed by atoms with Crippen molar-refractivity contribution in [2.75, 3.05) is 23.4 Å². The van der Waals surface area contributed by atoms with E-state index in [1.807, 2.05) is 43.3 Å². The molecule has 1 atom stereocenters. The molecule has 0 aromatic heterocycles. The molecule has 4 aromatic carbocycles. The number of hydrogen-bond acceptors (Lipinski definition) is 5. The van der Waals surface area contributed by atoms with E-state index >= 15 is 0 Å². The molecule has 216 valence electrons. The number of amides is 1. The molecule has 1 amide bonds. The maximum Gasteiger partial charge on any atom is 0.326 e. The van der Waals surface area contributed by atoms with Crippen molar-refractivity contribution >= 4 is 40.6 Å². The molecule has 7 nitrogen and oxygen atoms in total. The fourth-order valence-electron chi connectivity index (χ4n) is 4.55. The Morgan fingerprint density at radius 1 is 0.881 bits per heavy atom. The fraction of sp³-hybridized carbons (Fsp3) is 0.206. The van der Waals surface area contributed by atoms with Crippen LogP contribution in [0.3, 0.4) is 0 Å². The van der Waals surface area contributed by atoms with Gasteiger partial charge in [0.1, 0.15) is 18.4 Å². The molecule has 0 aliphatic heterocycles. The van der Waals surface area contributed by atoms with E-state index in [0.717, 1.165) is 12.0 Å². The Labute approximate surface area is 250 Å². The number of ketones is 1. The normalized spacial score (nSPS) is 11.4. The summed E-state index contributed by atoms with van der Waals surface area (Å²) >= 11 is 6.35. The van der Waals surface area contributed by atoms with Crippen LogP contribution in [0.5, 0.6) is 5.75 Å². The minimum atomic E-state index is -1.03. The number of carbonyl (C=O) groups is 3. The predicted octanol–water partition coefficient (Wildman–Crippen LogP) is 6.89. The molecule has 0 unspecified atom stereocenters. The highest BCUT2D eigenvalue weighted by Gasteiger charge is 2.22. The lowest BCUT2D eigenvalue weighted by Gasteiger charge is -2.24. The second-order valence-electron chi connectivity index (χ2n) is 9.72. The third kappa shape index (κ3) is 7.98. The molecule has 0 aliphatic carbocycles.